The zero-order valence-electron chi connectivity index (χ0n) is 7.10. The summed E-state index contributed by atoms with van der Waals surface area (Å²) in [7, 11) is 0. The maximum Gasteiger partial charge on any atom is 0.175 e. The van der Waals surface area contributed by atoms with Gasteiger partial charge in [0.05, 0.1) is 11.2 Å². The zero-order chi connectivity index (χ0) is 9.42. The van der Waals surface area contributed by atoms with Crippen LogP contribution in [0.25, 0.3) is 10.9 Å². The first-order chi connectivity index (χ1) is 6.18. The topological polar surface area (TPSA) is 32.9 Å². The van der Waals surface area contributed by atoms with Crippen LogP contribution in [0.1, 0.15) is 17.4 Å². The first-order valence-corrected chi connectivity index (χ1v) is 5.04. The Morgan fingerprint density at radius 3 is 2.85 bits per heavy atom. The van der Waals surface area contributed by atoms with Gasteiger partial charge in [-0.25, -0.2) is 0 Å². The molecular formula is C10H8INO. The number of aromatic nitrogens is 1. The maximum absolute atomic E-state index is 11.1. The lowest BCUT2D eigenvalue weighted by Crippen LogP contribution is -1.90. The van der Waals surface area contributed by atoms with E-state index in [9.17, 15) is 4.79 Å². The molecule has 1 aromatic carbocycles. The molecule has 0 radical (unpaired) electrons. The number of nitrogens with one attached hydrogen (secondary N) is 1. The summed E-state index contributed by atoms with van der Waals surface area (Å²) in [6.45, 7) is 1.57. The molecule has 0 atom stereocenters. The minimum atomic E-state index is 0.0759. The lowest BCUT2D eigenvalue weighted by molar-refractivity contribution is 0.101. The molecule has 0 saturated heterocycles. The van der Waals surface area contributed by atoms with Crippen LogP contribution in [-0.2, 0) is 0 Å². The molecule has 0 aliphatic rings. The molecule has 1 heterocycles. The fourth-order valence-electron chi connectivity index (χ4n) is 1.31. The number of carbonyl (C=O) groups excluding carboxylic acids is 1. The molecule has 0 spiro atoms. The summed E-state index contributed by atoms with van der Waals surface area (Å²) in [4.78, 5) is 14.2. The van der Waals surface area contributed by atoms with E-state index >= 15 is 0 Å². The number of aromatic amines is 1. The van der Waals surface area contributed by atoms with E-state index < -0.39 is 0 Å². The summed E-state index contributed by atoms with van der Waals surface area (Å²) in [5.41, 5.74) is 1.73. The van der Waals surface area contributed by atoms with Crippen molar-refractivity contribution in [3.05, 3.63) is 33.5 Å². The van der Waals surface area contributed by atoms with Crippen molar-refractivity contribution < 1.29 is 4.79 Å². The molecule has 1 aromatic heterocycles. The van der Waals surface area contributed by atoms with Gasteiger partial charge in [0.25, 0.3) is 0 Å². The lowest BCUT2D eigenvalue weighted by Gasteiger charge is -1.91. The zero-order valence-corrected chi connectivity index (χ0v) is 9.25. The molecule has 1 N–H and O–H groups in total. The molecule has 0 fully saturated rings. The van der Waals surface area contributed by atoms with Crippen molar-refractivity contribution in [2.75, 3.05) is 0 Å². The van der Waals surface area contributed by atoms with Crippen molar-refractivity contribution in [1.82, 2.24) is 4.98 Å². The summed E-state index contributed by atoms with van der Waals surface area (Å²) in [5.74, 6) is 0.0759. The van der Waals surface area contributed by atoms with E-state index in [-0.39, 0.29) is 5.78 Å². The van der Waals surface area contributed by atoms with Gasteiger partial charge in [-0.1, -0.05) is 12.1 Å². The third kappa shape index (κ3) is 1.48. The minimum Gasteiger partial charge on any atom is -0.351 e. The fourth-order valence-corrected chi connectivity index (χ4v) is 1.96. The van der Waals surface area contributed by atoms with E-state index in [1.165, 1.54) is 0 Å². The third-order valence-corrected chi connectivity index (χ3v) is 2.88. The van der Waals surface area contributed by atoms with Crippen LogP contribution in [0.3, 0.4) is 0 Å². The number of fused-ring (bicyclic) bond motifs is 1. The van der Waals surface area contributed by atoms with E-state index in [4.69, 9.17) is 0 Å². The van der Waals surface area contributed by atoms with E-state index in [2.05, 4.69) is 27.6 Å². The van der Waals surface area contributed by atoms with Crippen LogP contribution < -0.4 is 0 Å². The van der Waals surface area contributed by atoms with Crippen molar-refractivity contribution in [3.63, 3.8) is 0 Å². The lowest BCUT2D eigenvalue weighted by atomic mass is 10.2. The third-order valence-electron chi connectivity index (χ3n) is 1.98. The number of H-pyrrole nitrogens is 1. The van der Waals surface area contributed by atoms with E-state index in [0.717, 1.165) is 14.5 Å². The van der Waals surface area contributed by atoms with Crippen LogP contribution in [0.4, 0.5) is 0 Å². The fraction of sp³-hybridized carbons (Fsp3) is 0.100. The highest BCUT2D eigenvalue weighted by atomic mass is 127. The number of benzene rings is 1. The quantitative estimate of drug-likeness (QED) is 0.634. The van der Waals surface area contributed by atoms with Crippen molar-refractivity contribution in [3.8, 4) is 0 Å². The molecule has 66 valence electrons. The van der Waals surface area contributed by atoms with Gasteiger partial charge in [0.15, 0.2) is 5.78 Å². The molecule has 0 saturated carbocycles. The summed E-state index contributed by atoms with van der Waals surface area (Å²) in [5, 5.41) is 1.09. The highest BCUT2D eigenvalue weighted by molar-refractivity contribution is 14.1. The summed E-state index contributed by atoms with van der Waals surface area (Å²) in [6.07, 6.45) is 0. The molecule has 0 amide bonds. The van der Waals surface area contributed by atoms with E-state index in [1.807, 2.05) is 24.3 Å². The van der Waals surface area contributed by atoms with Gasteiger partial charge in [-0.2, -0.15) is 0 Å². The van der Waals surface area contributed by atoms with Gasteiger partial charge >= 0.3 is 0 Å². The highest BCUT2D eigenvalue weighted by Crippen LogP contribution is 2.20. The Balaban J connectivity index is 2.75. The van der Waals surface area contributed by atoms with Gasteiger partial charge in [0, 0.05) is 15.9 Å². The molecule has 2 aromatic rings. The summed E-state index contributed by atoms with van der Waals surface area (Å²) < 4.78 is 1.14. The predicted octanol–water partition coefficient (Wildman–Crippen LogP) is 2.98. The molecule has 0 aliphatic heterocycles. The molecule has 2 rings (SSSR count). The van der Waals surface area contributed by atoms with Crippen molar-refractivity contribution in [1.29, 1.82) is 0 Å². The molecular weight excluding hydrogens is 277 g/mol. The smallest absolute Gasteiger partial charge is 0.175 e. The van der Waals surface area contributed by atoms with Gasteiger partial charge < -0.3 is 4.98 Å². The van der Waals surface area contributed by atoms with Crippen molar-refractivity contribution in [2.45, 2.75) is 6.92 Å². The maximum atomic E-state index is 11.1. The largest absolute Gasteiger partial charge is 0.351 e. The van der Waals surface area contributed by atoms with Gasteiger partial charge in [-0.3, -0.25) is 4.79 Å². The minimum absolute atomic E-state index is 0.0759. The van der Waals surface area contributed by atoms with Gasteiger partial charge in [-0.05, 0) is 34.7 Å². The Bertz CT molecular complexity index is 473. The van der Waals surface area contributed by atoms with E-state index in [0.29, 0.717) is 5.69 Å². The molecule has 2 nitrogen and oxygen atoms in total. The second-order valence-corrected chi connectivity index (χ2v) is 4.11. The summed E-state index contributed by atoms with van der Waals surface area (Å²) >= 11 is 2.25. The van der Waals surface area contributed by atoms with Crippen LogP contribution in [0.15, 0.2) is 24.3 Å². The van der Waals surface area contributed by atoms with E-state index in [1.54, 1.807) is 6.92 Å². The Morgan fingerprint density at radius 2 is 2.23 bits per heavy atom. The van der Waals surface area contributed by atoms with Crippen LogP contribution in [-0.4, -0.2) is 10.8 Å². The average molecular weight is 285 g/mol. The first-order valence-electron chi connectivity index (χ1n) is 3.96. The van der Waals surface area contributed by atoms with Gasteiger partial charge in [0.1, 0.15) is 0 Å². The summed E-state index contributed by atoms with van der Waals surface area (Å²) in [6, 6.07) is 7.89. The monoisotopic (exact) mass is 285 g/mol. The van der Waals surface area contributed by atoms with Gasteiger partial charge in [0.2, 0.25) is 0 Å². The van der Waals surface area contributed by atoms with Crippen LogP contribution in [0.2, 0.25) is 0 Å². The number of hydrogen-bond donors (Lipinski definition) is 1. The number of rotatable bonds is 1. The highest BCUT2D eigenvalue weighted by Gasteiger charge is 2.05. The SMILES string of the molecule is CC(=O)c1cc2cccc(I)c2[nH]1. The van der Waals surface area contributed by atoms with Gasteiger partial charge in [-0.15, -0.1) is 0 Å². The Hall–Kier alpha value is -0.840. The number of Topliss-reactive ketones (excluding diaryl/α,β-unsaturated/α-hetero) is 1. The standard InChI is InChI=1S/C10H8INO/c1-6(13)9-5-7-3-2-4-8(11)10(7)12-9/h2-5,12H,1H3. The van der Waals surface area contributed by atoms with Crippen molar-refractivity contribution in [2.24, 2.45) is 0 Å². The number of halogens is 1. The Kier molecular flexibility index (Phi) is 2.11. The van der Waals surface area contributed by atoms with Crippen LogP contribution in [0.5, 0.6) is 0 Å². The second-order valence-electron chi connectivity index (χ2n) is 2.94. The first kappa shape index (κ1) is 8.74. The molecule has 0 bridgehead atoms. The molecule has 0 unspecified atom stereocenters. The molecule has 3 heteroatoms. The van der Waals surface area contributed by atoms with Crippen LogP contribution >= 0.6 is 22.6 Å². The predicted molar refractivity (Wildman–Crippen MR) is 61.0 cm³/mol. The average Bonchev–Trinajstić information content (AvgIpc) is 2.49. The number of para-hydroxylation sites is 1. The molecule has 0 aliphatic carbocycles. The number of hydrogen-bond acceptors (Lipinski definition) is 1. The number of carbonyl (C=O) groups is 1. The Morgan fingerprint density at radius 1 is 1.46 bits per heavy atom. The van der Waals surface area contributed by atoms with Crippen molar-refractivity contribution >= 4 is 39.3 Å². The second kappa shape index (κ2) is 3.14. The Labute approximate surface area is 89.5 Å². The normalized spacial score (nSPS) is 10.6. The molecule has 13 heavy (non-hydrogen) atoms. The number of ketones is 1. The van der Waals surface area contributed by atoms with Crippen LogP contribution in [0, 0.1) is 3.57 Å².